The minimum absolute atomic E-state index is 0.179. The standard InChI is InChI=1S/C25H16F3N5O/c1-14(34)32-19-6-16(21-4-3-18(26)9-22(21)27)7-20(10-19)33-13-31-23-8-17(12-30-25(23)33)15-2-5-24(28)29-11-15/h2-13H,1H3,(H,32,34). The number of fused-ring (bicyclic) bond motifs is 1. The molecule has 0 aliphatic heterocycles. The van der Waals surface area contributed by atoms with E-state index in [-0.39, 0.29) is 11.5 Å². The van der Waals surface area contributed by atoms with Gasteiger partial charge in [-0.2, -0.15) is 4.39 Å². The zero-order valence-corrected chi connectivity index (χ0v) is 17.8. The predicted molar refractivity (Wildman–Crippen MR) is 122 cm³/mol. The fourth-order valence-corrected chi connectivity index (χ4v) is 3.70. The van der Waals surface area contributed by atoms with Gasteiger partial charge in [0.15, 0.2) is 5.65 Å². The molecule has 0 radical (unpaired) electrons. The molecule has 0 atom stereocenters. The van der Waals surface area contributed by atoms with E-state index in [1.165, 1.54) is 31.3 Å². The first kappa shape index (κ1) is 21.3. The van der Waals surface area contributed by atoms with Crippen molar-refractivity contribution in [3.63, 3.8) is 0 Å². The Morgan fingerprint density at radius 1 is 0.853 bits per heavy atom. The Morgan fingerprint density at radius 3 is 2.41 bits per heavy atom. The number of pyridine rings is 2. The first-order valence-electron chi connectivity index (χ1n) is 10.2. The first-order chi connectivity index (χ1) is 16.4. The molecule has 3 aromatic heterocycles. The maximum atomic E-state index is 14.5. The van der Waals surface area contributed by atoms with Crippen molar-refractivity contribution >= 4 is 22.8 Å². The highest BCUT2D eigenvalue weighted by atomic mass is 19.1. The van der Waals surface area contributed by atoms with Crippen LogP contribution in [0.4, 0.5) is 18.9 Å². The molecule has 2 aromatic carbocycles. The van der Waals surface area contributed by atoms with Gasteiger partial charge >= 0.3 is 0 Å². The second-order valence-electron chi connectivity index (χ2n) is 7.62. The van der Waals surface area contributed by atoms with Crippen LogP contribution in [0.2, 0.25) is 0 Å². The van der Waals surface area contributed by atoms with Crippen LogP contribution in [0.5, 0.6) is 0 Å². The van der Waals surface area contributed by atoms with Crippen LogP contribution in [0.25, 0.3) is 39.1 Å². The van der Waals surface area contributed by atoms with Crippen LogP contribution in [0, 0.1) is 17.6 Å². The molecule has 0 unspecified atom stereocenters. The van der Waals surface area contributed by atoms with Gasteiger partial charge in [-0.05, 0) is 54.1 Å². The number of rotatable bonds is 4. The molecule has 0 saturated carbocycles. The van der Waals surface area contributed by atoms with Crippen molar-refractivity contribution in [2.24, 2.45) is 0 Å². The van der Waals surface area contributed by atoms with Crippen LogP contribution in [-0.4, -0.2) is 25.4 Å². The van der Waals surface area contributed by atoms with Crippen LogP contribution in [0.1, 0.15) is 6.92 Å². The van der Waals surface area contributed by atoms with Crippen LogP contribution in [-0.2, 0) is 4.79 Å². The van der Waals surface area contributed by atoms with Crippen molar-refractivity contribution in [3.8, 4) is 27.9 Å². The molecule has 9 heteroatoms. The van der Waals surface area contributed by atoms with Gasteiger partial charge in [0.1, 0.15) is 23.5 Å². The van der Waals surface area contributed by atoms with E-state index in [0.29, 0.717) is 39.2 Å². The lowest BCUT2D eigenvalue weighted by molar-refractivity contribution is -0.114. The quantitative estimate of drug-likeness (QED) is 0.359. The van der Waals surface area contributed by atoms with Crippen LogP contribution >= 0.6 is 0 Å². The Morgan fingerprint density at radius 2 is 1.68 bits per heavy atom. The Bertz CT molecular complexity index is 1550. The maximum Gasteiger partial charge on any atom is 0.221 e. The number of nitrogens with one attached hydrogen (secondary N) is 1. The molecule has 5 rings (SSSR count). The predicted octanol–water partition coefficient (Wildman–Crippen LogP) is 5.53. The summed E-state index contributed by atoms with van der Waals surface area (Å²) in [6.07, 6.45) is 4.59. The highest BCUT2D eigenvalue weighted by molar-refractivity contribution is 5.90. The van der Waals surface area contributed by atoms with Gasteiger partial charge in [0, 0.05) is 47.8 Å². The summed E-state index contributed by atoms with van der Waals surface area (Å²) in [5, 5.41) is 2.70. The van der Waals surface area contributed by atoms with Gasteiger partial charge in [0.05, 0.1) is 5.69 Å². The van der Waals surface area contributed by atoms with Gasteiger partial charge < -0.3 is 5.32 Å². The second kappa shape index (κ2) is 8.43. The number of hydrogen-bond donors (Lipinski definition) is 1. The minimum atomic E-state index is -0.725. The van der Waals surface area contributed by atoms with Crippen molar-refractivity contribution in [1.82, 2.24) is 19.5 Å². The number of benzene rings is 2. The molecule has 34 heavy (non-hydrogen) atoms. The summed E-state index contributed by atoms with van der Waals surface area (Å²) in [6, 6.07) is 13.0. The van der Waals surface area contributed by atoms with Gasteiger partial charge in [-0.15, -0.1) is 0 Å². The summed E-state index contributed by atoms with van der Waals surface area (Å²) < 4.78 is 42.8. The summed E-state index contributed by atoms with van der Waals surface area (Å²) in [5.41, 5.74) is 4.10. The lowest BCUT2D eigenvalue weighted by Crippen LogP contribution is -2.07. The number of carbonyl (C=O) groups is 1. The molecule has 0 spiro atoms. The molecular formula is C25H16F3N5O. The fourth-order valence-electron chi connectivity index (χ4n) is 3.70. The lowest BCUT2D eigenvalue weighted by atomic mass is 10.0. The van der Waals surface area contributed by atoms with E-state index in [1.54, 1.807) is 47.4 Å². The maximum absolute atomic E-state index is 14.5. The van der Waals surface area contributed by atoms with E-state index >= 15 is 0 Å². The molecule has 1 N–H and O–H groups in total. The lowest BCUT2D eigenvalue weighted by Gasteiger charge is -2.12. The minimum Gasteiger partial charge on any atom is -0.326 e. The van der Waals surface area contributed by atoms with Gasteiger partial charge in [0.25, 0.3) is 0 Å². The average molecular weight is 459 g/mol. The third kappa shape index (κ3) is 4.11. The molecule has 0 aliphatic rings. The van der Waals surface area contributed by atoms with E-state index in [2.05, 4.69) is 20.3 Å². The number of aromatic nitrogens is 4. The SMILES string of the molecule is CC(=O)Nc1cc(-c2ccc(F)cc2F)cc(-n2cnc3cc(-c4ccc(F)nc4)cnc32)c1. The van der Waals surface area contributed by atoms with E-state index < -0.39 is 17.6 Å². The van der Waals surface area contributed by atoms with Crippen LogP contribution in [0.3, 0.4) is 0 Å². The van der Waals surface area contributed by atoms with Crippen molar-refractivity contribution in [1.29, 1.82) is 0 Å². The Balaban J connectivity index is 1.62. The van der Waals surface area contributed by atoms with Crippen molar-refractivity contribution < 1.29 is 18.0 Å². The molecule has 168 valence electrons. The van der Waals surface area contributed by atoms with Gasteiger partial charge in [-0.3, -0.25) is 9.36 Å². The van der Waals surface area contributed by atoms with Gasteiger partial charge in [-0.25, -0.2) is 23.7 Å². The highest BCUT2D eigenvalue weighted by Gasteiger charge is 2.14. The highest BCUT2D eigenvalue weighted by Crippen LogP contribution is 2.31. The molecule has 3 heterocycles. The molecule has 0 aliphatic carbocycles. The average Bonchev–Trinajstić information content (AvgIpc) is 3.22. The van der Waals surface area contributed by atoms with E-state index in [4.69, 9.17) is 0 Å². The number of amides is 1. The molecule has 1 amide bonds. The number of imidazole rings is 1. The van der Waals surface area contributed by atoms with E-state index in [9.17, 15) is 18.0 Å². The van der Waals surface area contributed by atoms with Gasteiger partial charge in [0.2, 0.25) is 11.9 Å². The molecular weight excluding hydrogens is 443 g/mol. The zero-order valence-electron chi connectivity index (χ0n) is 17.8. The summed E-state index contributed by atoms with van der Waals surface area (Å²) in [6.45, 7) is 1.37. The third-order valence-electron chi connectivity index (χ3n) is 5.21. The molecule has 0 bridgehead atoms. The summed E-state index contributed by atoms with van der Waals surface area (Å²) in [7, 11) is 0. The number of hydrogen-bond acceptors (Lipinski definition) is 4. The number of nitrogens with zero attached hydrogens (tertiary/aromatic N) is 4. The van der Waals surface area contributed by atoms with Crippen LogP contribution in [0.15, 0.2) is 73.3 Å². The van der Waals surface area contributed by atoms with Crippen molar-refractivity contribution in [3.05, 3.63) is 90.9 Å². The number of halogens is 3. The van der Waals surface area contributed by atoms with Gasteiger partial charge in [-0.1, -0.05) is 0 Å². The monoisotopic (exact) mass is 459 g/mol. The third-order valence-corrected chi connectivity index (χ3v) is 5.21. The number of anilines is 1. The Hall–Kier alpha value is -4.53. The number of carbonyl (C=O) groups excluding carboxylic acids is 1. The topological polar surface area (TPSA) is 72.7 Å². The summed E-state index contributed by atoms with van der Waals surface area (Å²) in [4.78, 5) is 24.3. The summed E-state index contributed by atoms with van der Waals surface area (Å²) in [5.74, 6) is -2.28. The normalized spacial score (nSPS) is 11.1. The largest absolute Gasteiger partial charge is 0.326 e. The van der Waals surface area contributed by atoms with E-state index in [0.717, 1.165) is 6.07 Å². The second-order valence-corrected chi connectivity index (χ2v) is 7.62. The fraction of sp³-hybridized carbons (Fsp3) is 0.0400. The first-order valence-corrected chi connectivity index (χ1v) is 10.2. The van der Waals surface area contributed by atoms with Crippen molar-refractivity contribution in [2.45, 2.75) is 6.92 Å². The van der Waals surface area contributed by atoms with Crippen LogP contribution < -0.4 is 5.32 Å². The molecule has 0 saturated heterocycles. The Labute approximate surface area is 191 Å². The molecule has 6 nitrogen and oxygen atoms in total. The molecule has 0 fully saturated rings. The smallest absolute Gasteiger partial charge is 0.221 e. The van der Waals surface area contributed by atoms with E-state index in [1.807, 2.05) is 0 Å². The van der Waals surface area contributed by atoms with Crippen molar-refractivity contribution in [2.75, 3.05) is 5.32 Å². The zero-order chi connectivity index (χ0) is 23.8. The Kier molecular flexibility index (Phi) is 5.29. The summed E-state index contributed by atoms with van der Waals surface area (Å²) >= 11 is 0. The molecule has 5 aromatic rings.